The first-order valence-corrected chi connectivity index (χ1v) is 11.1. The van der Waals surface area contributed by atoms with Crippen LogP contribution in [0.2, 0.25) is 0 Å². The van der Waals surface area contributed by atoms with E-state index >= 15 is 0 Å². The maximum absolute atomic E-state index is 12.6. The summed E-state index contributed by atoms with van der Waals surface area (Å²) in [4.78, 5) is 38.6. The van der Waals surface area contributed by atoms with Crippen LogP contribution in [0.1, 0.15) is 56.8 Å². The standard InChI is InChI=1S/C22H31N3O5S/c1-4-6-13-29-19(26)14-18-21(28)23-11-12-25(18)22(31)24-20(27)16-7-9-17(10-8-16)30-15(3)5-2/h7-10,15,18H,4-6,11-14H2,1-3H3,(H,23,28)(H,24,27,31). The fourth-order valence-corrected chi connectivity index (χ4v) is 3.26. The number of amides is 2. The second-order valence-corrected chi connectivity index (χ2v) is 7.79. The molecule has 2 N–H and O–H groups in total. The summed E-state index contributed by atoms with van der Waals surface area (Å²) in [6.45, 7) is 7.09. The van der Waals surface area contributed by atoms with Crippen LogP contribution in [0.15, 0.2) is 24.3 Å². The van der Waals surface area contributed by atoms with Crippen LogP contribution >= 0.6 is 12.2 Å². The Morgan fingerprint density at radius 2 is 2.00 bits per heavy atom. The molecule has 0 aliphatic carbocycles. The van der Waals surface area contributed by atoms with E-state index in [0.717, 1.165) is 19.3 Å². The molecule has 1 fully saturated rings. The van der Waals surface area contributed by atoms with Gasteiger partial charge < -0.3 is 19.7 Å². The van der Waals surface area contributed by atoms with Gasteiger partial charge in [-0.1, -0.05) is 20.3 Å². The third kappa shape index (κ3) is 7.50. The van der Waals surface area contributed by atoms with E-state index in [-0.39, 0.29) is 23.5 Å². The number of benzene rings is 1. The predicted octanol–water partition coefficient (Wildman–Crippen LogP) is 2.41. The molecular formula is C22H31N3O5S. The summed E-state index contributed by atoms with van der Waals surface area (Å²) in [7, 11) is 0. The number of ether oxygens (including phenoxy) is 2. The predicted molar refractivity (Wildman–Crippen MR) is 121 cm³/mol. The molecule has 1 aromatic rings. The molecule has 1 aliphatic heterocycles. The summed E-state index contributed by atoms with van der Waals surface area (Å²) >= 11 is 5.38. The van der Waals surface area contributed by atoms with Gasteiger partial charge in [0.05, 0.1) is 19.1 Å². The van der Waals surface area contributed by atoms with Gasteiger partial charge in [-0.25, -0.2) is 0 Å². The van der Waals surface area contributed by atoms with Crippen molar-refractivity contribution in [2.45, 2.75) is 58.6 Å². The fourth-order valence-electron chi connectivity index (χ4n) is 2.95. The van der Waals surface area contributed by atoms with Crippen LogP contribution in [-0.4, -0.2) is 59.6 Å². The van der Waals surface area contributed by atoms with Gasteiger partial charge in [-0.05, 0) is 56.2 Å². The summed E-state index contributed by atoms with van der Waals surface area (Å²) in [5.74, 6) is -0.494. The fraction of sp³-hybridized carbons (Fsp3) is 0.545. The minimum absolute atomic E-state index is 0.0862. The highest BCUT2D eigenvalue weighted by Crippen LogP contribution is 2.16. The van der Waals surface area contributed by atoms with Crippen molar-refractivity contribution in [3.63, 3.8) is 0 Å². The Bertz CT molecular complexity index is 784. The molecule has 2 rings (SSSR count). The monoisotopic (exact) mass is 449 g/mol. The quantitative estimate of drug-likeness (QED) is 0.339. The molecule has 1 aromatic carbocycles. The van der Waals surface area contributed by atoms with Crippen LogP contribution in [0.5, 0.6) is 5.75 Å². The van der Waals surface area contributed by atoms with E-state index in [2.05, 4.69) is 10.6 Å². The van der Waals surface area contributed by atoms with Crippen molar-refractivity contribution in [1.82, 2.24) is 15.5 Å². The van der Waals surface area contributed by atoms with Crippen molar-refractivity contribution in [3.05, 3.63) is 29.8 Å². The molecule has 0 bridgehead atoms. The summed E-state index contributed by atoms with van der Waals surface area (Å²) < 4.78 is 10.9. The first kappa shape index (κ1) is 24.6. The highest BCUT2D eigenvalue weighted by molar-refractivity contribution is 7.80. The number of esters is 1. The van der Waals surface area contributed by atoms with Crippen LogP contribution in [0.25, 0.3) is 0 Å². The van der Waals surface area contributed by atoms with Crippen molar-refractivity contribution >= 4 is 35.1 Å². The molecule has 2 amide bonds. The molecule has 8 nitrogen and oxygen atoms in total. The number of nitrogens with one attached hydrogen (secondary N) is 2. The number of nitrogens with zero attached hydrogens (tertiary/aromatic N) is 1. The molecule has 1 heterocycles. The third-order valence-corrected chi connectivity index (χ3v) is 5.30. The maximum atomic E-state index is 12.6. The number of hydrogen-bond acceptors (Lipinski definition) is 6. The molecule has 2 unspecified atom stereocenters. The first-order valence-electron chi connectivity index (χ1n) is 10.7. The Morgan fingerprint density at radius 1 is 1.29 bits per heavy atom. The Hall–Kier alpha value is -2.68. The van der Waals surface area contributed by atoms with Crippen molar-refractivity contribution in [1.29, 1.82) is 0 Å². The summed E-state index contributed by atoms with van der Waals surface area (Å²) in [6.07, 6.45) is 2.51. The molecule has 1 saturated heterocycles. The molecule has 9 heteroatoms. The number of carbonyl (C=O) groups excluding carboxylic acids is 3. The molecule has 0 aromatic heterocycles. The van der Waals surface area contributed by atoms with E-state index in [9.17, 15) is 14.4 Å². The molecule has 0 saturated carbocycles. The summed E-state index contributed by atoms with van der Waals surface area (Å²) in [5, 5.41) is 5.49. The smallest absolute Gasteiger partial charge is 0.308 e. The topological polar surface area (TPSA) is 97.0 Å². The lowest BCUT2D eigenvalue weighted by molar-refractivity contribution is -0.147. The van der Waals surface area contributed by atoms with Gasteiger partial charge in [0.2, 0.25) is 5.91 Å². The lowest BCUT2D eigenvalue weighted by Gasteiger charge is -2.36. The van der Waals surface area contributed by atoms with E-state index in [1.54, 1.807) is 29.2 Å². The number of rotatable bonds is 9. The first-order chi connectivity index (χ1) is 14.8. The van der Waals surface area contributed by atoms with Crippen LogP contribution in [0.4, 0.5) is 0 Å². The highest BCUT2D eigenvalue weighted by Gasteiger charge is 2.34. The number of thiocarbonyl (C=S) groups is 1. The van der Waals surface area contributed by atoms with Crippen LogP contribution in [0, 0.1) is 0 Å². The van der Waals surface area contributed by atoms with E-state index < -0.39 is 17.9 Å². The second-order valence-electron chi connectivity index (χ2n) is 7.40. The van der Waals surface area contributed by atoms with Gasteiger partial charge in [0, 0.05) is 18.7 Å². The SMILES string of the molecule is CCCCOC(=O)CC1C(=O)NCCN1C(=S)NC(=O)c1ccc(OC(C)CC)cc1. The number of hydrogen-bond donors (Lipinski definition) is 2. The van der Waals surface area contributed by atoms with E-state index in [1.807, 2.05) is 20.8 Å². The molecule has 1 aliphatic rings. The number of carbonyl (C=O) groups is 3. The Kier molecular flexibility index (Phi) is 9.71. The molecule has 170 valence electrons. The average molecular weight is 450 g/mol. The number of piperazine rings is 1. The zero-order valence-corrected chi connectivity index (χ0v) is 19.1. The zero-order chi connectivity index (χ0) is 22.8. The van der Waals surface area contributed by atoms with Crippen molar-refractivity contribution in [2.24, 2.45) is 0 Å². The Morgan fingerprint density at radius 3 is 2.65 bits per heavy atom. The van der Waals surface area contributed by atoms with Crippen LogP contribution < -0.4 is 15.4 Å². The number of unbranched alkanes of at least 4 members (excludes halogenated alkanes) is 1. The van der Waals surface area contributed by atoms with Gasteiger partial charge in [0.1, 0.15) is 11.8 Å². The molecule has 0 radical (unpaired) electrons. The van der Waals surface area contributed by atoms with Gasteiger partial charge in [-0.2, -0.15) is 0 Å². The van der Waals surface area contributed by atoms with Crippen LogP contribution in [-0.2, 0) is 14.3 Å². The molecule has 2 atom stereocenters. The van der Waals surface area contributed by atoms with Crippen molar-refractivity contribution in [2.75, 3.05) is 19.7 Å². The molecular weight excluding hydrogens is 418 g/mol. The van der Waals surface area contributed by atoms with E-state index in [1.165, 1.54) is 0 Å². The van der Waals surface area contributed by atoms with Gasteiger partial charge in [0.15, 0.2) is 5.11 Å². The summed E-state index contributed by atoms with van der Waals surface area (Å²) in [6, 6.07) is 5.95. The maximum Gasteiger partial charge on any atom is 0.308 e. The van der Waals surface area contributed by atoms with E-state index in [4.69, 9.17) is 21.7 Å². The Labute approximate surface area is 188 Å². The van der Waals surface area contributed by atoms with E-state index in [0.29, 0.717) is 31.0 Å². The average Bonchev–Trinajstić information content (AvgIpc) is 2.75. The van der Waals surface area contributed by atoms with Crippen molar-refractivity contribution in [3.8, 4) is 5.75 Å². The third-order valence-electron chi connectivity index (χ3n) is 4.96. The Balaban J connectivity index is 1.98. The lowest BCUT2D eigenvalue weighted by atomic mass is 10.1. The van der Waals surface area contributed by atoms with Gasteiger partial charge in [-0.3, -0.25) is 19.7 Å². The minimum Gasteiger partial charge on any atom is -0.491 e. The van der Waals surface area contributed by atoms with Crippen LogP contribution in [0.3, 0.4) is 0 Å². The van der Waals surface area contributed by atoms with Gasteiger partial charge >= 0.3 is 5.97 Å². The molecule has 31 heavy (non-hydrogen) atoms. The summed E-state index contributed by atoms with van der Waals surface area (Å²) in [5.41, 5.74) is 0.413. The van der Waals surface area contributed by atoms with Gasteiger partial charge in [-0.15, -0.1) is 0 Å². The highest BCUT2D eigenvalue weighted by atomic mass is 32.1. The molecule has 0 spiro atoms. The van der Waals surface area contributed by atoms with Crippen molar-refractivity contribution < 1.29 is 23.9 Å². The normalized spacial score (nSPS) is 16.8. The van der Waals surface area contributed by atoms with Gasteiger partial charge in [0.25, 0.3) is 5.91 Å². The second kappa shape index (κ2) is 12.2. The minimum atomic E-state index is -0.818. The lowest BCUT2D eigenvalue weighted by Crippen LogP contribution is -2.60. The zero-order valence-electron chi connectivity index (χ0n) is 18.3. The largest absolute Gasteiger partial charge is 0.491 e.